The van der Waals surface area contributed by atoms with Crippen molar-refractivity contribution in [3.05, 3.63) is 48.6 Å². The molecule has 0 fully saturated rings. The molecule has 0 rings (SSSR count). The lowest BCUT2D eigenvalue weighted by atomic mass is 10.0. The lowest BCUT2D eigenvalue weighted by Crippen LogP contribution is -2.30. The number of rotatable bonds is 64. The highest BCUT2D eigenvalue weighted by Crippen LogP contribution is 2.18. The molecule has 0 N–H and O–H groups in total. The first kappa shape index (κ1) is 75.4. The van der Waals surface area contributed by atoms with Gasteiger partial charge in [0.2, 0.25) is 0 Å². The maximum atomic E-state index is 12.9. The summed E-state index contributed by atoms with van der Waals surface area (Å²) in [6.07, 6.45) is 84.2. The third kappa shape index (κ3) is 64.2. The van der Waals surface area contributed by atoms with E-state index in [2.05, 4.69) is 69.4 Å². The second kappa shape index (κ2) is 66.9. The van der Waals surface area contributed by atoms with Gasteiger partial charge < -0.3 is 14.2 Å². The van der Waals surface area contributed by atoms with Crippen molar-refractivity contribution < 1.29 is 28.6 Å². The van der Waals surface area contributed by atoms with Crippen LogP contribution in [0.15, 0.2) is 48.6 Å². The van der Waals surface area contributed by atoms with Crippen LogP contribution in [0.3, 0.4) is 0 Å². The number of allylic oxidation sites excluding steroid dienone is 8. The van der Waals surface area contributed by atoms with Crippen molar-refractivity contribution in [1.82, 2.24) is 0 Å². The second-order valence-corrected chi connectivity index (χ2v) is 23.4. The maximum absolute atomic E-state index is 12.9. The minimum atomic E-state index is -0.779. The van der Waals surface area contributed by atoms with Gasteiger partial charge in [-0.2, -0.15) is 0 Å². The highest BCUT2D eigenvalue weighted by Gasteiger charge is 2.19. The number of carbonyl (C=O) groups excluding carboxylic acids is 3. The number of esters is 3. The van der Waals surface area contributed by atoms with Crippen LogP contribution in [-0.4, -0.2) is 37.2 Å². The normalized spacial score (nSPS) is 12.3. The molecule has 0 spiro atoms. The predicted molar refractivity (Wildman–Crippen MR) is 339 cm³/mol. The summed E-state index contributed by atoms with van der Waals surface area (Å²) in [7, 11) is 0. The number of hydrogen-bond acceptors (Lipinski definition) is 6. The van der Waals surface area contributed by atoms with Gasteiger partial charge >= 0.3 is 17.9 Å². The summed E-state index contributed by atoms with van der Waals surface area (Å²) in [4.78, 5) is 38.4. The summed E-state index contributed by atoms with van der Waals surface area (Å²) in [6, 6.07) is 0. The van der Waals surface area contributed by atoms with E-state index in [0.29, 0.717) is 19.3 Å². The SMILES string of the molecule is CC/C=C\C/C=C\C/C=C\C/C=C\CCCCCCCCC(=O)OC(COC(=O)CCCCCCCCCCCCCCCCC)COC(=O)CCCCCCCCCCCCCCCCCCCCCCCCCCCC. The van der Waals surface area contributed by atoms with Crippen molar-refractivity contribution >= 4 is 17.9 Å². The Labute approximate surface area is 486 Å². The van der Waals surface area contributed by atoms with Crippen LogP contribution in [-0.2, 0) is 28.6 Å². The second-order valence-electron chi connectivity index (χ2n) is 23.4. The first-order valence-electron chi connectivity index (χ1n) is 34.6. The standard InChI is InChI=1S/C72H132O6/c1-4-7-10-13-16-19-22-25-28-30-32-33-34-35-36-37-38-40-41-44-47-50-53-56-59-62-65-71(74)77-68-69(67-76-70(73)64-61-58-55-52-49-46-43-27-24-21-18-15-12-9-6-3)78-72(75)66-63-60-57-54-51-48-45-42-39-31-29-26-23-20-17-14-11-8-5-2/h8,11,17,20,26,29,39,42,69H,4-7,9-10,12-16,18-19,21-25,27-28,30-38,40-41,43-68H2,1-3H3/b11-8-,20-17-,29-26-,42-39-. The molecular weight excluding hydrogens is 961 g/mol. The number of ether oxygens (including phenoxy) is 3. The fraction of sp³-hybridized carbons (Fsp3) is 0.847. The largest absolute Gasteiger partial charge is 0.462 e. The summed E-state index contributed by atoms with van der Waals surface area (Å²) in [5, 5.41) is 0. The van der Waals surface area contributed by atoms with Gasteiger partial charge in [-0.3, -0.25) is 14.4 Å². The topological polar surface area (TPSA) is 78.9 Å². The third-order valence-corrected chi connectivity index (χ3v) is 15.6. The summed E-state index contributed by atoms with van der Waals surface area (Å²) in [6.45, 7) is 6.59. The Balaban J connectivity index is 4.26. The van der Waals surface area contributed by atoms with Gasteiger partial charge in [0.1, 0.15) is 13.2 Å². The molecule has 0 aliphatic carbocycles. The first-order chi connectivity index (χ1) is 38.5. The fourth-order valence-corrected chi connectivity index (χ4v) is 10.4. The smallest absolute Gasteiger partial charge is 0.306 e. The molecule has 0 bridgehead atoms. The lowest BCUT2D eigenvalue weighted by Gasteiger charge is -2.18. The zero-order valence-corrected chi connectivity index (χ0v) is 52.5. The van der Waals surface area contributed by atoms with Crippen LogP contribution < -0.4 is 0 Å². The van der Waals surface area contributed by atoms with Gasteiger partial charge in [-0.15, -0.1) is 0 Å². The molecule has 6 heteroatoms. The predicted octanol–water partition coefficient (Wildman–Crippen LogP) is 23.7. The Bertz CT molecular complexity index is 1350. The minimum absolute atomic E-state index is 0.0738. The number of hydrogen-bond donors (Lipinski definition) is 0. The molecule has 1 atom stereocenters. The van der Waals surface area contributed by atoms with E-state index in [1.807, 2.05) is 0 Å². The fourth-order valence-electron chi connectivity index (χ4n) is 10.4. The Hall–Kier alpha value is -2.63. The molecule has 0 aliphatic rings. The number of carbonyl (C=O) groups is 3. The molecule has 0 aromatic carbocycles. The van der Waals surface area contributed by atoms with E-state index in [0.717, 1.165) is 96.3 Å². The van der Waals surface area contributed by atoms with Crippen molar-refractivity contribution in [2.45, 2.75) is 380 Å². The van der Waals surface area contributed by atoms with Crippen LogP contribution in [0.4, 0.5) is 0 Å². The van der Waals surface area contributed by atoms with Crippen LogP contribution in [0, 0.1) is 0 Å². The van der Waals surface area contributed by atoms with Crippen LogP contribution in [0.5, 0.6) is 0 Å². The summed E-state index contributed by atoms with van der Waals surface area (Å²) < 4.78 is 17.0. The molecule has 78 heavy (non-hydrogen) atoms. The van der Waals surface area contributed by atoms with Gasteiger partial charge in [0.15, 0.2) is 6.10 Å². The van der Waals surface area contributed by atoms with Crippen LogP contribution in [0.1, 0.15) is 374 Å². The van der Waals surface area contributed by atoms with E-state index in [4.69, 9.17) is 14.2 Å². The quantitative estimate of drug-likeness (QED) is 0.0261. The van der Waals surface area contributed by atoms with Crippen molar-refractivity contribution in [3.8, 4) is 0 Å². The zero-order chi connectivity index (χ0) is 56.4. The highest BCUT2D eigenvalue weighted by molar-refractivity contribution is 5.71. The van der Waals surface area contributed by atoms with E-state index in [1.54, 1.807) is 0 Å². The molecule has 0 aromatic heterocycles. The average molecular weight is 1090 g/mol. The summed E-state index contributed by atoms with van der Waals surface area (Å²) in [5.74, 6) is -0.861. The molecule has 0 heterocycles. The third-order valence-electron chi connectivity index (χ3n) is 15.6. The molecule has 0 saturated carbocycles. The van der Waals surface area contributed by atoms with Gasteiger partial charge in [0.05, 0.1) is 0 Å². The molecule has 0 amide bonds. The van der Waals surface area contributed by atoms with Crippen molar-refractivity contribution in [2.75, 3.05) is 13.2 Å². The van der Waals surface area contributed by atoms with E-state index >= 15 is 0 Å². The van der Waals surface area contributed by atoms with Gasteiger partial charge in [0, 0.05) is 19.3 Å². The Morgan fingerprint density at radius 1 is 0.269 bits per heavy atom. The maximum Gasteiger partial charge on any atom is 0.306 e. The molecule has 0 radical (unpaired) electrons. The molecule has 0 aromatic rings. The number of unbranched alkanes of at least 4 members (excludes halogenated alkanes) is 45. The van der Waals surface area contributed by atoms with Crippen LogP contribution in [0.25, 0.3) is 0 Å². The zero-order valence-electron chi connectivity index (χ0n) is 52.5. The monoisotopic (exact) mass is 1090 g/mol. The Kier molecular flexibility index (Phi) is 64.6. The molecule has 6 nitrogen and oxygen atoms in total. The molecule has 456 valence electrons. The van der Waals surface area contributed by atoms with E-state index in [1.165, 1.54) is 238 Å². The lowest BCUT2D eigenvalue weighted by molar-refractivity contribution is -0.167. The van der Waals surface area contributed by atoms with Gasteiger partial charge in [-0.25, -0.2) is 0 Å². The molecule has 0 aliphatic heterocycles. The van der Waals surface area contributed by atoms with Gasteiger partial charge in [0.25, 0.3) is 0 Å². The Morgan fingerprint density at radius 2 is 0.500 bits per heavy atom. The molecule has 0 saturated heterocycles. The van der Waals surface area contributed by atoms with Crippen molar-refractivity contribution in [2.24, 2.45) is 0 Å². The van der Waals surface area contributed by atoms with E-state index < -0.39 is 6.10 Å². The van der Waals surface area contributed by atoms with E-state index in [-0.39, 0.29) is 31.1 Å². The molecule has 1 unspecified atom stereocenters. The van der Waals surface area contributed by atoms with Gasteiger partial charge in [-0.05, 0) is 57.8 Å². The molecular formula is C72H132O6. The van der Waals surface area contributed by atoms with E-state index in [9.17, 15) is 14.4 Å². The summed E-state index contributed by atoms with van der Waals surface area (Å²) in [5.41, 5.74) is 0. The Morgan fingerprint density at radius 3 is 0.782 bits per heavy atom. The van der Waals surface area contributed by atoms with Gasteiger partial charge in [-0.1, -0.05) is 345 Å². The van der Waals surface area contributed by atoms with Crippen LogP contribution >= 0.6 is 0 Å². The van der Waals surface area contributed by atoms with Crippen molar-refractivity contribution in [1.29, 1.82) is 0 Å². The minimum Gasteiger partial charge on any atom is -0.462 e. The van der Waals surface area contributed by atoms with Crippen molar-refractivity contribution in [3.63, 3.8) is 0 Å². The first-order valence-corrected chi connectivity index (χ1v) is 34.6. The average Bonchev–Trinajstić information content (AvgIpc) is 3.44. The van der Waals surface area contributed by atoms with Crippen LogP contribution in [0.2, 0.25) is 0 Å². The summed E-state index contributed by atoms with van der Waals surface area (Å²) >= 11 is 0. The highest BCUT2D eigenvalue weighted by atomic mass is 16.6.